The minimum Gasteiger partial charge on any atom is -0.377 e. The van der Waals surface area contributed by atoms with Crippen molar-refractivity contribution in [2.75, 3.05) is 40.1 Å². The lowest BCUT2D eigenvalue weighted by Gasteiger charge is -2.17. The molecule has 114 valence electrons. The maximum absolute atomic E-state index is 11.8. The first-order chi connectivity index (χ1) is 8.99. The van der Waals surface area contributed by atoms with Gasteiger partial charge in [0.2, 0.25) is 0 Å². The van der Waals surface area contributed by atoms with Crippen LogP contribution in [-0.4, -0.2) is 58.0 Å². The molecule has 0 aromatic rings. The quantitative estimate of drug-likeness (QED) is 0.543. The highest BCUT2D eigenvalue weighted by atomic mass is 16.5. The van der Waals surface area contributed by atoms with Gasteiger partial charge in [-0.25, -0.2) is 0 Å². The molecule has 0 aliphatic heterocycles. The molecule has 1 atom stereocenters. The van der Waals surface area contributed by atoms with Crippen LogP contribution < -0.4 is 5.32 Å². The van der Waals surface area contributed by atoms with Gasteiger partial charge < -0.3 is 19.5 Å². The fourth-order valence-electron chi connectivity index (χ4n) is 1.47. The SMILES string of the molecule is CN[C@@H](COCCOCCOC(C)C)C(=O)C(C)C. The van der Waals surface area contributed by atoms with Gasteiger partial charge in [-0.1, -0.05) is 13.8 Å². The number of ketones is 1. The van der Waals surface area contributed by atoms with E-state index >= 15 is 0 Å². The normalized spacial score (nSPS) is 13.2. The van der Waals surface area contributed by atoms with Gasteiger partial charge in [-0.15, -0.1) is 0 Å². The lowest BCUT2D eigenvalue weighted by molar-refractivity contribution is -0.125. The van der Waals surface area contributed by atoms with E-state index in [-0.39, 0.29) is 23.8 Å². The fourth-order valence-corrected chi connectivity index (χ4v) is 1.47. The highest BCUT2D eigenvalue weighted by molar-refractivity contribution is 5.85. The molecule has 5 nitrogen and oxygen atoms in total. The summed E-state index contributed by atoms with van der Waals surface area (Å²) in [6, 6.07) is -0.232. The van der Waals surface area contributed by atoms with Crippen molar-refractivity contribution in [2.24, 2.45) is 5.92 Å². The Hall–Kier alpha value is -0.490. The van der Waals surface area contributed by atoms with E-state index in [1.54, 1.807) is 7.05 Å². The van der Waals surface area contributed by atoms with Crippen LogP contribution in [0, 0.1) is 5.92 Å². The van der Waals surface area contributed by atoms with Gasteiger partial charge in [0.1, 0.15) is 0 Å². The summed E-state index contributed by atoms with van der Waals surface area (Å²) in [7, 11) is 1.77. The molecular formula is C14H29NO4. The van der Waals surface area contributed by atoms with Gasteiger partial charge in [0.15, 0.2) is 5.78 Å². The number of likely N-dealkylation sites (N-methyl/N-ethyl adjacent to an activating group) is 1. The number of nitrogens with one attached hydrogen (secondary N) is 1. The molecule has 0 rings (SSSR count). The Balaban J connectivity index is 3.49. The Morgan fingerprint density at radius 3 is 2.11 bits per heavy atom. The van der Waals surface area contributed by atoms with Crippen LogP contribution in [0.1, 0.15) is 27.7 Å². The predicted octanol–water partition coefficient (Wildman–Crippen LogP) is 1.26. The molecule has 0 aliphatic rings. The van der Waals surface area contributed by atoms with Crippen LogP contribution in [0.5, 0.6) is 0 Å². The summed E-state index contributed by atoms with van der Waals surface area (Å²) >= 11 is 0. The highest BCUT2D eigenvalue weighted by Gasteiger charge is 2.19. The first-order valence-electron chi connectivity index (χ1n) is 6.97. The smallest absolute Gasteiger partial charge is 0.154 e. The second kappa shape index (κ2) is 11.3. The number of hydrogen-bond donors (Lipinski definition) is 1. The van der Waals surface area contributed by atoms with E-state index in [2.05, 4.69) is 5.32 Å². The molecule has 5 heteroatoms. The molecule has 19 heavy (non-hydrogen) atoms. The molecule has 0 fully saturated rings. The third kappa shape index (κ3) is 10.0. The molecule has 0 aromatic heterocycles. The number of ether oxygens (including phenoxy) is 3. The average Bonchev–Trinajstić information content (AvgIpc) is 2.36. The van der Waals surface area contributed by atoms with E-state index in [4.69, 9.17) is 14.2 Å². The zero-order valence-electron chi connectivity index (χ0n) is 12.9. The molecule has 0 aromatic carbocycles. The van der Waals surface area contributed by atoms with E-state index in [1.807, 2.05) is 27.7 Å². The standard InChI is InChI=1S/C14H29NO4/c1-11(2)14(16)13(15-5)10-18-7-6-17-8-9-19-12(3)4/h11-13,15H,6-10H2,1-5H3/t13-/m0/s1. The molecule has 0 amide bonds. The van der Waals surface area contributed by atoms with Gasteiger partial charge in [0.25, 0.3) is 0 Å². The molecule has 0 saturated heterocycles. The Morgan fingerprint density at radius 2 is 1.58 bits per heavy atom. The molecule has 0 radical (unpaired) electrons. The summed E-state index contributed by atoms with van der Waals surface area (Å²) in [6.07, 6.45) is 0.235. The fraction of sp³-hybridized carbons (Fsp3) is 0.929. The number of carbonyl (C=O) groups excluding carboxylic acids is 1. The molecule has 0 bridgehead atoms. The van der Waals surface area contributed by atoms with E-state index in [1.165, 1.54) is 0 Å². The van der Waals surface area contributed by atoms with Crippen molar-refractivity contribution in [3.05, 3.63) is 0 Å². The first kappa shape index (κ1) is 18.5. The van der Waals surface area contributed by atoms with Gasteiger partial charge in [-0.05, 0) is 20.9 Å². The van der Waals surface area contributed by atoms with Crippen molar-refractivity contribution in [1.29, 1.82) is 0 Å². The maximum atomic E-state index is 11.8. The van der Waals surface area contributed by atoms with Crippen LogP contribution >= 0.6 is 0 Å². The molecule has 0 spiro atoms. The number of rotatable bonds is 12. The maximum Gasteiger partial charge on any atom is 0.154 e. The zero-order chi connectivity index (χ0) is 14.7. The average molecular weight is 275 g/mol. The largest absolute Gasteiger partial charge is 0.377 e. The molecule has 0 saturated carbocycles. The zero-order valence-corrected chi connectivity index (χ0v) is 12.9. The van der Waals surface area contributed by atoms with Crippen molar-refractivity contribution >= 4 is 5.78 Å². The van der Waals surface area contributed by atoms with Crippen LogP contribution in [0.2, 0.25) is 0 Å². The van der Waals surface area contributed by atoms with Crippen LogP contribution in [-0.2, 0) is 19.0 Å². The van der Waals surface area contributed by atoms with Gasteiger partial charge in [0, 0.05) is 5.92 Å². The Labute approximate surface area is 117 Å². The number of carbonyl (C=O) groups is 1. The molecular weight excluding hydrogens is 246 g/mol. The minimum atomic E-state index is -0.232. The van der Waals surface area contributed by atoms with Crippen molar-refractivity contribution < 1.29 is 19.0 Å². The van der Waals surface area contributed by atoms with E-state index in [0.717, 1.165) is 0 Å². The monoisotopic (exact) mass is 275 g/mol. The first-order valence-corrected chi connectivity index (χ1v) is 6.97. The van der Waals surface area contributed by atoms with Gasteiger partial charge >= 0.3 is 0 Å². The Morgan fingerprint density at radius 1 is 1.00 bits per heavy atom. The van der Waals surface area contributed by atoms with Gasteiger partial charge in [-0.3, -0.25) is 4.79 Å². The van der Waals surface area contributed by atoms with Crippen molar-refractivity contribution in [3.63, 3.8) is 0 Å². The van der Waals surface area contributed by atoms with Crippen LogP contribution in [0.15, 0.2) is 0 Å². The van der Waals surface area contributed by atoms with Gasteiger partial charge in [0.05, 0.1) is 45.2 Å². The van der Waals surface area contributed by atoms with E-state index in [0.29, 0.717) is 33.0 Å². The summed E-state index contributed by atoms with van der Waals surface area (Å²) < 4.78 is 16.1. The van der Waals surface area contributed by atoms with Crippen molar-refractivity contribution in [2.45, 2.75) is 39.8 Å². The van der Waals surface area contributed by atoms with Crippen molar-refractivity contribution in [3.8, 4) is 0 Å². The summed E-state index contributed by atoms with van der Waals surface area (Å²) in [4.78, 5) is 11.8. The van der Waals surface area contributed by atoms with Crippen molar-refractivity contribution in [1.82, 2.24) is 5.32 Å². The summed E-state index contributed by atoms with van der Waals surface area (Å²) in [5, 5.41) is 2.97. The second-order valence-corrected chi connectivity index (χ2v) is 5.01. The third-order valence-corrected chi connectivity index (χ3v) is 2.60. The molecule has 0 unspecified atom stereocenters. The van der Waals surface area contributed by atoms with Crippen LogP contribution in [0.25, 0.3) is 0 Å². The molecule has 0 heterocycles. The summed E-state index contributed by atoms with van der Waals surface area (Å²) in [5.41, 5.74) is 0. The topological polar surface area (TPSA) is 56.8 Å². The summed E-state index contributed by atoms with van der Waals surface area (Å²) in [6.45, 7) is 10.3. The lowest BCUT2D eigenvalue weighted by atomic mass is 10.0. The lowest BCUT2D eigenvalue weighted by Crippen LogP contribution is -2.40. The molecule has 0 aliphatic carbocycles. The number of hydrogen-bond acceptors (Lipinski definition) is 5. The Kier molecular flexibility index (Phi) is 11.1. The van der Waals surface area contributed by atoms with E-state index < -0.39 is 0 Å². The minimum absolute atomic E-state index is 0.0190. The molecule has 1 N–H and O–H groups in total. The van der Waals surface area contributed by atoms with Crippen LogP contribution in [0.4, 0.5) is 0 Å². The van der Waals surface area contributed by atoms with Crippen LogP contribution in [0.3, 0.4) is 0 Å². The van der Waals surface area contributed by atoms with Gasteiger partial charge in [-0.2, -0.15) is 0 Å². The predicted molar refractivity (Wildman–Crippen MR) is 75.4 cm³/mol. The number of Topliss-reactive ketones (excluding diaryl/α,β-unsaturated/α-hetero) is 1. The Bertz CT molecular complexity index is 231. The van der Waals surface area contributed by atoms with E-state index in [9.17, 15) is 4.79 Å². The third-order valence-electron chi connectivity index (χ3n) is 2.60. The highest BCUT2D eigenvalue weighted by Crippen LogP contribution is 2.00. The second-order valence-electron chi connectivity index (χ2n) is 5.01. The summed E-state index contributed by atoms with van der Waals surface area (Å²) in [5.74, 6) is 0.194.